The maximum Gasteiger partial charge on any atom is 0.0594 e. The molecule has 5 fully saturated rings. The summed E-state index contributed by atoms with van der Waals surface area (Å²) in [7, 11) is 6.58. The summed E-state index contributed by atoms with van der Waals surface area (Å²) in [5, 5.41) is 15.1. The number of hydrogen-bond donors (Lipinski definition) is 2. The van der Waals surface area contributed by atoms with Gasteiger partial charge in [0.05, 0.1) is 6.10 Å². The first-order chi connectivity index (χ1) is 13.9. The minimum absolute atomic E-state index is 0.142. The fourth-order valence-electron chi connectivity index (χ4n) is 11.2. The van der Waals surface area contributed by atoms with E-state index in [0.29, 0.717) is 34.2 Å². The van der Waals surface area contributed by atoms with Crippen LogP contribution in [0.15, 0.2) is 0 Å². The second-order valence-corrected chi connectivity index (χ2v) is 13.7. The predicted octanol–water partition coefficient (Wildman–Crippen LogP) is 4.93. The minimum Gasteiger partial charge on any atom is -0.393 e. The highest BCUT2D eigenvalue weighted by Crippen LogP contribution is 2.88. The Morgan fingerprint density at radius 2 is 1.53 bits per heavy atom. The molecule has 0 bridgehead atoms. The lowest BCUT2D eigenvalue weighted by atomic mass is 9.42. The van der Waals surface area contributed by atoms with Crippen molar-refractivity contribution < 1.29 is 5.11 Å². The van der Waals surface area contributed by atoms with Gasteiger partial charge in [-0.2, -0.15) is 0 Å². The lowest BCUT2D eigenvalue weighted by Gasteiger charge is -2.63. The van der Waals surface area contributed by atoms with Crippen LogP contribution in [0.25, 0.3) is 0 Å². The van der Waals surface area contributed by atoms with Gasteiger partial charge in [0.1, 0.15) is 0 Å². The third kappa shape index (κ3) is 2.24. The molecule has 0 heterocycles. The van der Waals surface area contributed by atoms with Crippen molar-refractivity contribution in [3.05, 3.63) is 0 Å². The molecule has 2 spiro atoms. The van der Waals surface area contributed by atoms with Crippen LogP contribution in [0.1, 0.15) is 86.0 Å². The molecule has 8 unspecified atom stereocenters. The molecule has 5 aliphatic carbocycles. The Bertz CT molecular complexity index is 720. The van der Waals surface area contributed by atoms with Crippen molar-refractivity contribution in [1.82, 2.24) is 10.2 Å². The summed E-state index contributed by atoms with van der Waals surface area (Å²) in [6.07, 6.45) is 10.7. The van der Waals surface area contributed by atoms with Gasteiger partial charge in [0.25, 0.3) is 0 Å². The Labute approximate surface area is 185 Å². The molecule has 10 atom stereocenters. The van der Waals surface area contributed by atoms with Crippen LogP contribution in [0, 0.1) is 44.8 Å². The molecule has 0 aromatic heterocycles. The molecule has 5 aliphatic rings. The highest BCUT2D eigenvalue weighted by Gasteiger charge is 2.82. The summed E-state index contributed by atoms with van der Waals surface area (Å²) in [6.45, 7) is 12.7. The van der Waals surface area contributed by atoms with E-state index in [1.54, 1.807) is 0 Å². The molecule has 5 saturated carbocycles. The molecule has 0 amide bonds. The van der Waals surface area contributed by atoms with Gasteiger partial charge in [-0.15, -0.1) is 0 Å². The summed E-state index contributed by atoms with van der Waals surface area (Å²) < 4.78 is 0. The van der Waals surface area contributed by atoms with Crippen LogP contribution in [-0.4, -0.2) is 49.3 Å². The molecule has 3 nitrogen and oxygen atoms in total. The van der Waals surface area contributed by atoms with E-state index < -0.39 is 0 Å². The van der Waals surface area contributed by atoms with Crippen LogP contribution in [0.2, 0.25) is 0 Å². The van der Waals surface area contributed by atoms with E-state index in [2.05, 4.69) is 66.0 Å². The van der Waals surface area contributed by atoms with Crippen molar-refractivity contribution in [2.45, 2.75) is 104 Å². The smallest absolute Gasteiger partial charge is 0.0594 e. The third-order valence-electron chi connectivity index (χ3n) is 12.9. The van der Waals surface area contributed by atoms with Gasteiger partial charge in [-0.05, 0) is 118 Å². The van der Waals surface area contributed by atoms with Crippen LogP contribution >= 0.6 is 0 Å². The van der Waals surface area contributed by atoms with Crippen LogP contribution in [0.4, 0.5) is 0 Å². The molecule has 172 valence electrons. The molecule has 0 aromatic carbocycles. The van der Waals surface area contributed by atoms with E-state index in [9.17, 15) is 5.11 Å². The number of aliphatic hydroxyl groups is 1. The van der Waals surface area contributed by atoms with E-state index in [0.717, 1.165) is 18.3 Å². The number of rotatable bonds is 3. The normalized spacial score (nSPS) is 57.2. The van der Waals surface area contributed by atoms with Gasteiger partial charge in [0.15, 0.2) is 0 Å². The topological polar surface area (TPSA) is 35.5 Å². The minimum atomic E-state index is -0.142. The van der Waals surface area contributed by atoms with Crippen molar-refractivity contribution >= 4 is 0 Å². The van der Waals surface area contributed by atoms with E-state index in [1.165, 1.54) is 44.9 Å². The van der Waals surface area contributed by atoms with Gasteiger partial charge in [0, 0.05) is 18.0 Å². The van der Waals surface area contributed by atoms with Crippen molar-refractivity contribution in [3.63, 3.8) is 0 Å². The summed E-state index contributed by atoms with van der Waals surface area (Å²) in [5.41, 5.74) is 2.14. The van der Waals surface area contributed by atoms with Crippen LogP contribution in [0.3, 0.4) is 0 Å². The summed E-state index contributed by atoms with van der Waals surface area (Å²) in [5.74, 6) is 2.10. The molecule has 0 aliphatic heterocycles. The fraction of sp³-hybridized carbons (Fsp3) is 1.00. The van der Waals surface area contributed by atoms with Crippen molar-refractivity contribution in [1.29, 1.82) is 0 Å². The van der Waals surface area contributed by atoms with Crippen molar-refractivity contribution in [3.8, 4) is 0 Å². The van der Waals surface area contributed by atoms with Crippen molar-refractivity contribution in [2.24, 2.45) is 44.8 Å². The molecule has 3 heteroatoms. The summed E-state index contributed by atoms with van der Waals surface area (Å²) in [6, 6.07) is 1.11. The number of hydrogen-bond acceptors (Lipinski definition) is 3. The monoisotopic (exact) mass is 416 g/mol. The Balaban J connectivity index is 1.51. The number of aliphatic hydroxyl groups excluding tert-OH is 1. The molecule has 0 radical (unpaired) electrons. The maximum absolute atomic E-state index is 11.4. The molecule has 0 saturated heterocycles. The van der Waals surface area contributed by atoms with E-state index in [4.69, 9.17) is 0 Å². The standard InChI is InChI=1S/C27H48N2O/c1-17(29(7)8)22-18(30)15-25(5)20-10-9-19-23(2,3)21(28-6)11-12-26(19)16-27(20,26)14-13-24(22,25)4/h17-22,28,30H,9-16H2,1-8H3/t17-,18+,19?,20?,21?,22?,24?,25?,26?,27?/m0/s1. The average molecular weight is 417 g/mol. The highest BCUT2D eigenvalue weighted by atomic mass is 16.3. The number of nitrogens with one attached hydrogen (secondary N) is 1. The van der Waals surface area contributed by atoms with E-state index >= 15 is 0 Å². The molecule has 2 N–H and O–H groups in total. The Hall–Kier alpha value is -0.120. The third-order valence-corrected chi connectivity index (χ3v) is 12.9. The van der Waals surface area contributed by atoms with E-state index in [-0.39, 0.29) is 16.9 Å². The first-order valence-electron chi connectivity index (χ1n) is 12.9. The van der Waals surface area contributed by atoms with Gasteiger partial charge in [-0.25, -0.2) is 0 Å². The predicted molar refractivity (Wildman–Crippen MR) is 124 cm³/mol. The second-order valence-electron chi connectivity index (χ2n) is 13.7. The van der Waals surface area contributed by atoms with Gasteiger partial charge in [-0.1, -0.05) is 27.7 Å². The van der Waals surface area contributed by atoms with Gasteiger partial charge in [0.2, 0.25) is 0 Å². The molecule has 30 heavy (non-hydrogen) atoms. The number of nitrogens with zero attached hydrogens (tertiary/aromatic N) is 1. The van der Waals surface area contributed by atoms with Gasteiger partial charge >= 0.3 is 0 Å². The van der Waals surface area contributed by atoms with Crippen LogP contribution in [0.5, 0.6) is 0 Å². The average Bonchev–Trinajstić information content (AvgIpc) is 3.27. The van der Waals surface area contributed by atoms with Gasteiger partial charge in [-0.3, -0.25) is 0 Å². The SMILES string of the molecule is CNC1CCC23CC24CCC2(C)C([C@H](C)N(C)C)[C@H](O)CC2(C)C4CCC3C1(C)C. The van der Waals surface area contributed by atoms with E-state index in [1.807, 2.05) is 0 Å². The van der Waals surface area contributed by atoms with Gasteiger partial charge < -0.3 is 15.3 Å². The van der Waals surface area contributed by atoms with Crippen LogP contribution < -0.4 is 5.32 Å². The lowest BCUT2D eigenvalue weighted by molar-refractivity contribution is -0.146. The first kappa shape index (κ1) is 21.7. The zero-order valence-corrected chi connectivity index (χ0v) is 21.0. The summed E-state index contributed by atoms with van der Waals surface area (Å²) >= 11 is 0. The summed E-state index contributed by atoms with van der Waals surface area (Å²) in [4.78, 5) is 2.35. The second kappa shape index (κ2) is 6.26. The quantitative estimate of drug-likeness (QED) is 0.684. The maximum atomic E-state index is 11.4. The first-order valence-corrected chi connectivity index (χ1v) is 12.9. The Morgan fingerprint density at radius 3 is 2.17 bits per heavy atom. The molecular weight excluding hydrogens is 368 g/mol. The molecule has 5 rings (SSSR count). The zero-order chi connectivity index (χ0) is 21.9. The zero-order valence-electron chi connectivity index (χ0n) is 21.0. The Kier molecular flexibility index (Phi) is 4.53. The number of fused-ring (bicyclic) bond motifs is 2. The van der Waals surface area contributed by atoms with Crippen LogP contribution in [-0.2, 0) is 0 Å². The lowest BCUT2D eigenvalue weighted by Crippen LogP contribution is -2.59. The largest absolute Gasteiger partial charge is 0.393 e. The van der Waals surface area contributed by atoms with Crippen molar-refractivity contribution in [2.75, 3.05) is 21.1 Å². The Morgan fingerprint density at radius 1 is 0.900 bits per heavy atom. The highest BCUT2D eigenvalue weighted by molar-refractivity contribution is 5.31. The molecule has 0 aromatic rings. The fourth-order valence-corrected chi connectivity index (χ4v) is 11.2. The molecular formula is C27H48N2O.